The quantitative estimate of drug-likeness (QED) is 0.583. The molecule has 9 heteroatoms. The molecule has 0 saturated heterocycles. The lowest BCUT2D eigenvalue weighted by molar-refractivity contribution is -0.140. The fourth-order valence-electron chi connectivity index (χ4n) is 2.26. The van der Waals surface area contributed by atoms with E-state index >= 15 is 0 Å². The Kier molecular flexibility index (Phi) is 6.04. The highest BCUT2D eigenvalue weighted by molar-refractivity contribution is 7.86. The van der Waals surface area contributed by atoms with Gasteiger partial charge in [-0.25, -0.2) is 0 Å². The first-order valence-corrected chi connectivity index (χ1v) is 8.96. The van der Waals surface area contributed by atoms with Crippen molar-refractivity contribution >= 4 is 16.0 Å². The van der Waals surface area contributed by atoms with Gasteiger partial charge in [0, 0.05) is 6.42 Å². The van der Waals surface area contributed by atoms with E-state index in [1.807, 2.05) is 0 Å². The number of halogens is 3. The zero-order valence-corrected chi connectivity index (χ0v) is 14.3. The van der Waals surface area contributed by atoms with Gasteiger partial charge < -0.3 is 5.73 Å². The molecule has 2 N–H and O–H groups in total. The van der Waals surface area contributed by atoms with Crippen LogP contribution in [0.5, 0.6) is 0 Å². The third-order valence-corrected chi connectivity index (χ3v) is 4.84. The molecule has 0 spiro atoms. The van der Waals surface area contributed by atoms with Crippen molar-refractivity contribution in [1.82, 2.24) is 0 Å². The van der Waals surface area contributed by atoms with Gasteiger partial charge in [0.15, 0.2) is 0 Å². The molecule has 140 valence electrons. The molecule has 0 aromatic heterocycles. The predicted molar refractivity (Wildman–Crippen MR) is 88.4 cm³/mol. The summed E-state index contributed by atoms with van der Waals surface area (Å²) in [6, 6.07) is 11.2. The second-order valence-corrected chi connectivity index (χ2v) is 7.00. The largest absolute Gasteiger partial charge is 0.417 e. The van der Waals surface area contributed by atoms with Crippen LogP contribution in [0.4, 0.5) is 13.2 Å². The van der Waals surface area contributed by atoms with Gasteiger partial charge in [-0.2, -0.15) is 21.6 Å². The van der Waals surface area contributed by atoms with Crippen LogP contribution in [0.15, 0.2) is 53.4 Å². The van der Waals surface area contributed by atoms with Gasteiger partial charge >= 0.3 is 6.18 Å². The van der Waals surface area contributed by atoms with E-state index in [0.29, 0.717) is 5.56 Å². The predicted octanol–water partition coefficient (Wildman–Crippen LogP) is 3.34. The summed E-state index contributed by atoms with van der Waals surface area (Å²) in [5, 5.41) is 0. The summed E-state index contributed by atoms with van der Waals surface area (Å²) in [6.45, 7) is -0.441. The highest BCUT2D eigenvalue weighted by Gasteiger charge is 2.38. The Morgan fingerprint density at radius 3 is 2.27 bits per heavy atom. The Balaban J connectivity index is 2.37. The molecule has 1 amide bonds. The summed E-state index contributed by atoms with van der Waals surface area (Å²) in [6.07, 6.45) is -5.03. The number of benzene rings is 2. The van der Waals surface area contributed by atoms with Crippen LogP contribution >= 0.6 is 0 Å². The maximum Gasteiger partial charge on any atom is 0.417 e. The smallest absolute Gasteiger partial charge is 0.370 e. The monoisotopic (exact) mass is 387 g/mol. The lowest BCUT2D eigenvalue weighted by atomic mass is 10.0. The first-order valence-electron chi connectivity index (χ1n) is 7.55. The second-order valence-electron chi connectivity index (χ2n) is 5.42. The number of rotatable bonds is 7. The van der Waals surface area contributed by atoms with Crippen LogP contribution in [0.3, 0.4) is 0 Å². The molecule has 2 aromatic carbocycles. The van der Waals surface area contributed by atoms with Gasteiger partial charge in [-0.1, -0.05) is 36.4 Å². The number of hydrogen-bond donors (Lipinski definition) is 1. The van der Waals surface area contributed by atoms with Crippen LogP contribution in [0.2, 0.25) is 0 Å². The van der Waals surface area contributed by atoms with Gasteiger partial charge in [-0.3, -0.25) is 8.98 Å². The summed E-state index contributed by atoms with van der Waals surface area (Å²) in [5.41, 5.74) is 4.35. The number of carbonyl (C=O) groups is 1. The van der Waals surface area contributed by atoms with E-state index in [1.165, 1.54) is 6.07 Å². The molecule has 2 aromatic rings. The first kappa shape index (κ1) is 19.9. The Labute approximate surface area is 148 Å². The maximum absolute atomic E-state index is 13.4. The van der Waals surface area contributed by atoms with Crippen molar-refractivity contribution in [2.75, 3.05) is 6.61 Å². The van der Waals surface area contributed by atoms with E-state index in [9.17, 15) is 26.4 Å². The van der Waals surface area contributed by atoms with Crippen molar-refractivity contribution in [1.29, 1.82) is 0 Å². The number of primary amides is 1. The number of hydrogen-bond acceptors (Lipinski definition) is 4. The molecular formula is C17H16F3NO4S. The minimum Gasteiger partial charge on any atom is -0.370 e. The summed E-state index contributed by atoms with van der Waals surface area (Å²) >= 11 is 0. The van der Waals surface area contributed by atoms with E-state index in [4.69, 9.17) is 5.73 Å². The zero-order chi connectivity index (χ0) is 19.4. The van der Waals surface area contributed by atoms with Gasteiger partial charge in [-0.15, -0.1) is 0 Å². The molecule has 26 heavy (non-hydrogen) atoms. The molecule has 0 unspecified atom stereocenters. The summed E-state index contributed by atoms with van der Waals surface area (Å²) in [7, 11) is -4.64. The molecule has 0 saturated carbocycles. The van der Waals surface area contributed by atoms with Crippen LogP contribution in [0.25, 0.3) is 11.1 Å². The lowest BCUT2D eigenvalue weighted by Crippen LogP contribution is -2.17. The summed E-state index contributed by atoms with van der Waals surface area (Å²) in [5.74, 6) is -0.658. The van der Waals surface area contributed by atoms with E-state index in [2.05, 4.69) is 4.18 Å². The van der Waals surface area contributed by atoms with Gasteiger partial charge in [0.25, 0.3) is 10.1 Å². The number of carbonyl (C=O) groups excluding carboxylic acids is 1. The Morgan fingerprint density at radius 1 is 1.04 bits per heavy atom. The molecule has 2 rings (SSSR count). The average Bonchev–Trinajstić information content (AvgIpc) is 2.58. The second kappa shape index (κ2) is 7.88. The fraction of sp³-hybridized carbons (Fsp3) is 0.235. The normalized spacial score (nSPS) is 12.1. The molecule has 0 aliphatic rings. The molecule has 0 fully saturated rings. The third kappa shape index (κ3) is 5.06. The lowest BCUT2D eigenvalue weighted by Gasteiger charge is -2.15. The van der Waals surface area contributed by atoms with E-state index < -0.39 is 39.3 Å². The maximum atomic E-state index is 13.4. The highest BCUT2D eigenvalue weighted by atomic mass is 32.2. The van der Waals surface area contributed by atoms with Crippen LogP contribution in [-0.4, -0.2) is 20.9 Å². The molecular weight excluding hydrogens is 371 g/mol. The minimum absolute atomic E-state index is 0.0159. The van der Waals surface area contributed by atoms with Crippen molar-refractivity contribution in [2.24, 2.45) is 5.73 Å². The van der Waals surface area contributed by atoms with E-state index in [1.54, 1.807) is 30.3 Å². The summed E-state index contributed by atoms with van der Waals surface area (Å²) in [4.78, 5) is 9.65. The van der Waals surface area contributed by atoms with Crippen molar-refractivity contribution in [3.8, 4) is 11.1 Å². The van der Waals surface area contributed by atoms with Crippen molar-refractivity contribution in [3.05, 3.63) is 54.1 Å². The fourth-order valence-corrected chi connectivity index (χ4v) is 3.40. The SMILES string of the molecule is NC(=O)CCCOS(=O)(=O)c1ccc(-c2ccccc2)cc1C(F)(F)F. The van der Waals surface area contributed by atoms with Gasteiger partial charge in [0.2, 0.25) is 5.91 Å². The molecule has 0 radical (unpaired) electrons. The van der Waals surface area contributed by atoms with Crippen LogP contribution in [-0.2, 0) is 25.3 Å². The van der Waals surface area contributed by atoms with Gasteiger partial charge in [0.1, 0.15) is 4.90 Å². The van der Waals surface area contributed by atoms with Crippen LogP contribution in [0.1, 0.15) is 18.4 Å². The first-order chi connectivity index (χ1) is 12.1. The molecule has 5 nitrogen and oxygen atoms in total. The molecule has 0 aliphatic heterocycles. The third-order valence-electron chi connectivity index (χ3n) is 3.47. The molecule has 0 heterocycles. The van der Waals surface area contributed by atoms with E-state index in [0.717, 1.165) is 12.1 Å². The standard InChI is InChI=1S/C17H16F3NO4S/c18-17(19,20)14-11-13(12-5-2-1-3-6-12)8-9-15(14)26(23,24)25-10-4-7-16(21)22/h1-3,5-6,8-9,11H,4,7,10H2,(H2,21,22). The number of nitrogens with two attached hydrogens (primary N) is 1. The van der Waals surface area contributed by atoms with Crippen molar-refractivity contribution < 1.29 is 30.6 Å². The Bertz CT molecular complexity index is 881. The summed E-state index contributed by atoms with van der Waals surface area (Å²) < 4.78 is 69.1. The zero-order valence-electron chi connectivity index (χ0n) is 13.5. The number of alkyl halides is 3. The van der Waals surface area contributed by atoms with Crippen molar-refractivity contribution in [2.45, 2.75) is 23.9 Å². The Hall–Kier alpha value is -2.39. The minimum atomic E-state index is -4.89. The van der Waals surface area contributed by atoms with Crippen LogP contribution < -0.4 is 5.73 Å². The molecule has 0 aliphatic carbocycles. The molecule has 0 bridgehead atoms. The van der Waals surface area contributed by atoms with Crippen molar-refractivity contribution in [3.63, 3.8) is 0 Å². The van der Waals surface area contributed by atoms with Gasteiger partial charge in [0.05, 0.1) is 12.2 Å². The topological polar surface area (TPSA) is 86.5 Å². The highest BCUT2D eigenvalue weighted by Crippen LogP contribution is 2.37. The molecule has 0 atom stereocenters. The van der Waals surface area contributed by atoms with Gasteiger partial charge in [-0.05, 0) is 29.7 Å². The number of amides is 1. The van der Waals surface area contributed by atoms with Crippen LogP contribution in [0, 0.1) is 0 Å². The Morgan fingerprint density at radius 2 is 1.69 bits per heavy atom. The van der Waals surface area contributed by atoms with E-state index in [-0.39, 0.29) is 18.4 Å². The average molecular weight is 387 g/mol.